The number of aryl methyl sites for hydroxylation is 1. The van der Waals surface area contributed by atoms with Crippen LogP contribution in [0.2, 0.25) is 0 Å². The highest BCUT2D eigenvalue weighted by Crippen LogP contribution is 2.27. The van der Waals surface area contributed by atoms with Gasteiger partial charge in [0.15, 0.2) is 0 Å². The van der Waals surface area contributed by atoms with Crippen LogP contribution in [0.3, 0.4) is 0 Å². The molecule has 80 valence electrons. The lowest BCUT2D eigenvalue weighted by Gasteiger charge is -2.20. The minimum absolute atomic E-state index is 0.885. The van der Waals surface area contributed by atoms with E-state index < -0.39 is 0 Å². The molecular weight excluding hydrogens is 182 g/mol. The molecule has 0 bridgehead atoms. The van der Waals surface area contributed by atoms with Gasteiger partial charge < -0.3 is 5.32 Å². The van der Waals surface area contributed by atoms with E-state index in [0.717, 1.165) is 6.54 Å². The average Bonchev–Trinajstić information content (AvgIpc) is 2.26. The standard InChI is InChI=1S/C14H19N/c1-11(2)10-15-14-9-5-7-12-6-3-4-8-13(12)14/h5,7,9,15H,1,3-4,6,8,10H2,2H3. The first-order chi connectivity index (χ1) is 7.27. The van der Waals surface area contributed by atoms with E-state index >= 15 is 0 Å². The van der Waals surface area contributed by atoms with Crippen LogP contribution in [-0.4, -0.2) is 6.54 Å². The maximum absolute atomic E-state index is 3.92. The van der Waals surface area contributed by atoms with Crippen LogP contribution in [-0.2, 0) is 12.8 Å². The van der Waals surface area contributed by atoms with Crippen molar-refractivity contribution in [3.05, 3.63) is 41.5 Å². The highest BCUT2D eigenvalue weighted by Gasteiger charge is 2.11. The van der Waals surface area contributed by atoms with Gasteiger partial charge in [-0.25, -0.2) is 0 Å². The van der Waals surface area contributed by atoms with E-state index in [0.29, 0.717) is 0 Å². The molecule has 0 aromatic heterocycles. The fraction of sp³-hybridized carbons (Fsp3) is 0.429. The van der Waals surface area contributed by atoms with Crippen LogP contribution in [0, 0.1) is 0 Å². The van der Waals surface area contributed by atoms with E-state index in [1.54, 1.807) is 0 Å². The van der Waals surface area contributed by atoms with Gasteiger partial charge in [-0.15, -0.1) is 0 Å². The first-order valence-electron chi connectivity index (χ1n) is 5.76. The Bertz CT molecular complexity index is 366. The van der Waals surface area contributed by atoms with Crippen molar-refractivity contribution in [2.45, 2.75) is 32.6 Å². The van der Waals surface area contributed by atoms with Crippen molar-refractivity contribution in [3.63, 3.8) is 0 Å². The molecule has 0 fully saturated rings. The molecule has 0 amide bonds. The van der Waals surface area contributed by atoms with E-state index in [1.165, 1.54) is 48.1 Å². The van der Waals surface area contributed by atoms with Gasteiger partial charge >= 0.3 is 0 Å². The molecule has 1 heteroatoms. The van der Waals surface area contributed by atoms with Crippen molar-refractivity contribution in [2.24, 2.45) is 0 Å². The number of hydrogen-bond donors (Lipinski definition) is 1. The third kappa shape index (κ3) is 2.41. The number of fused-ring (bicyclic) bond motifs is 1. The molecule has 1 aliphatic carbocycles. The summed E-state index contributed by atoms with van der Waals surface area (Å²) < 4.78 is 0. The number of rotatable bonds is 3. The summed E-state index contributed by atoms with van der Waals surface area (Å²) in [5, 5.41) is 3.47. The molecule has 0 heterocycles. The van der Waals surface area contributed by atoms with Gasteiger partial charge in [-0.1, -0.05) is 24.3 Å². The lowest BCUT2D eigenvalue weighted by atomic mass is 9.90. The SMILES string of the molecule is C=C(C)CNc1cccc2c1CCCC2. The first kappa shape index (κ1) is 10.3. The zero-order chi connectivity index (χ0) is 10.7. The Hall–Kier alpha value is -1.24. The predicted octanol–water partition coefficient (Wildman–Crippen LogP) is 3.55. The fourth-order valence-electron chi connectivity index (χ4n) is 2.19. The zero-order valence-corrected chi connectivity index (χ0v) is 9.47. The molecule has 0 unspecified atom stereocenters. The van der Waals surface area contributed by atoms with Crippen LogP contribution in [0.15, 0.2) is 30.4 Å². The Balaban J connectivity index is 2.19. The molecule has 0 radical (unpaired) electrons. The first-order valence-corrected chi connectivity index (χ1v) is 5.76. The lowest BCUT2D eigenvalue weighted by Crippen LogP contribution is -2.09. The van der Waals surface area contributed by atoms with Crippen molar-refractivity contribution in [3.8, 4) is 0 Å². The van der Waals surface area contributed by atoms with Crippen molar-refractivity contribution < 1.29 is 0 Å². The summed E-state index contributed by atoms with van der Waals surface area (Å²) in [4.78, 5) is 0. The maximum Gasteiger partial charge on any atom is 0.0378 e. The van der Waals surface area contributed by atoms with Crippen LogP contribution in [0.4, 0.5) is 5.69 Å². The quantitative estimate of drug-likeness (QED) is 0.737. The minimum Gasteiger partial charge on any atom is -0.381 e. The Labute approximate surface area is 92.2 Å². The third-order valence-corrected chi connectivity index (χ3v) is 2.98. The van der Waals surface area contributed by atoms with E-state index in [-0.39, 0.29) is 0 Å². The van der Waals surface area contributed by atoms with Crippen LogP contribution in [0.1, 0.15) is 30.9 Å². The van der Waals surface area contributed by atoms with E-state index in [2.05, 4.69) is 37.0 Å². The average molecular weight is 201 g/mol. The van der Waals surface area contributed by atoms with Crippen molar-refractivity contribution in [1.82, 2.24) is 0 Å². The van der Waals surface area contributed by atoms with Gasteiger partial charge in [-0.3, -0.25) is 0 Å². The molecule has 1 N–H and O–H groups in total. The van der Waals surface area contributed by atoms with Crippen LogP contribution >= 0.6 is 0 Å². The normalized spacial score (nSPS) is 14.5. The van der Waals surface area contributed by atoms with Crippen LogP contribution in [0.5, 0.6) is 0 Å². The van der Waals surface area contributed by atoms with Crippen molar-refractivity contribution in [1.29, 1.82) is 0 Å². The minimum atomic E-state index is 0.885. The Kier molecular flexibility index (Phi) is 3.10. The molecule has 0 aliphatic heterocycles. The Morgan fingerprint density at radius 2 is 2.13 bits per heavy atom. The monoisotopic (exact) mass is 201 g/mol. The van der Waals surface area contributed by atoms with Crippen LogP contribution in [0.25, 0.3) is 0 Å². The summed E-state index contributed by atoms with van der Waals surface area (Å²) >= 11 is 0. The summed E-state index contributed by atoms with van der Waals surface area (Å²) in [7, 11) is 0. The zero-order valence-electron chi connectivity index (χ0n) is 9.47. The van der Waals surface area contributed by atoms with Gasteiger partial charge in [0.1, 0.15) is 0 Å². The molecule has 1 nitrogen and oxygen atoms in total. The molecule has 1 aromatic rings. The second kappa shape index (κ2) is 4.52. The lowest BCUT2D eigenvalue weighted by molar-refractivity contribution is 0.686. The summed E-state index contributed by atoms with van der Waals surface area (Å²) in [5.74, 6) is 0. The highest BCUT2D eigenvalue weighted by molar-refractivity contribution is 5.56. The van der Waals surface area contributed by atoms with Gasteiger partial charge in [0.25, 0.3) is 0 Å². The number of benzene rings is 1. The molecule has 0 saturated carbocycles. The molecule has 0 spiro atoms. The van der Waals surface area contributed by atoms with E-state index in [9.17, 15) is 0 Å². The number of anilines is 1. The molecule has 0 atom stereocenters. The second-order valence-corrected chi connectivity index (χ2v) is 4.46. The largest absolute Gasteiger partial charge is 0.381 e. The van der Waals surface area contributed by atoms with E-state index in [4.69, 9.17) is 0 Å². The van der Waals surface area contributed by atoms with Gasteiger partial charge in [-0.05, 0) is 49.8 Å². The summed E-state index contributed by atoms with van der Waals surface area (Å²) in [5.41, 5.74) is 5.57. The Morgan fingerprint density at radius 1 is 1.33 bits per heavy atom. The maximum atomic E-state index is 3.92. The molecule has 15 heavy (non-hydrogen) atoms. The molecule has 1 aromatic carbocycles. The Morgan fingerprint density at radius 3 is 2.93 bits per heavy atom. The van der Waals surface area contributed by atoms with Crippen LogP contribution < -0.4 is 5.32 Å². The predicted molar refractivity (Wildman–Crippen MR) is 66.4 cm³/mol. The summed E-state index contributed by atoms with van der Waals surface area (Å²) in [6, 6.07) is 6.61. The third-order valence-electron chi connectivity index (χ3n) is 2.98. The van der Waals surface area contributed by atoms with Gasteiger partial charge in [-0.2, -0.15) is 0 Å². The number of hydrogen-bond acceptors (Lipinski definition) is 1. The number of nitrogens with one attached hydrogen (secondary N) is 1. The highest BCUT2D eigenvalue weighted by atomic mass is 14.9. The van der Waals surface area contributed by atoms with Crippen molar-refractivity contribution in [2.75, 3.05) is 11.9 Å². The summed E-state index contributed by atoms with van der Waals surface area (Å²) in [6.45, 7) is 6.86. The van der Waals surface area contributed by atoms with Gasteiger partial charge in [0.05, 0.1) is 0 Å². The van der Waals surface area contributed by atoms with Crippen molar-refractivity contribution >= 4 is 5.69 Å². The second-order valence-electron chi connectivity index (χ2n) is 4.46. The molecule has 0 saturated heterocycles. The molecular formula is C14H19N. The molecule has 2 rings (SSSR count). The smallest absolute Gasteiger partial charge is 0.0378 e. The molecule has 1 aliphatic rings. The van der Waals surface area contributed by atoms with E-state index in [1.807, 2.05) is 0 Å². The van der Waals surface area contributed by atoms with Gasteiger partial charge in [0, 0.05) is 12.2 Å². The summed E-state index contributed by atoms with van der Waals surface area (Å²) in [6.07, 6.45) is 5.16. The van der Waals surface area contributed by atoms with Gasteiger partial charge in [0.2, 0.25) is 0 Å². The topological polar surface area (TPSA) is 12.0 Å². The fourth-order valence-corrected chi connectivity index (χ4v) is 2.19.